The second kappa shape index (κ2) is 10.4. The third-order valence-electron chi connectivity index (χ3n) is 4.68. The summed E-state index contributed by atoms with van der Waals surface area (Å²) < 4.78 is 0. The lowest BCUT2D eigenvalue weighted by atomic mass is 9.96. The first-order chi connectivity index (χ1) is 13.1. The number of piperidine rings is 1. The highest BCUT2D eigenvalue weighted by Gasteiger charge is 2.25. The van der Waals surface area contributed by atoms with E-state index in [4.69, 9.17) is 23.2 Å². The predicted molar refractivity (Wildman–Crippen MR) is 115 cm³/mol. The van der Waals surface area contributed by atoms with Crippen molar-refractivity contribution in [3.05, 3.63) is 64.1 Å². The molecule has 1 atom stereocenters. The van der Waals surface area contributed by atoms with Crippen LogP contribution in [0.4, 0.5) is 0 Å². The van der Waals surface area contributed by atoms with Gasteiger partial charge in [0.15, 0.2) is 0 Å². The van der Waals surface area contributed by atoms with Crippen LogP contribution in [0.3, 0.4) is 0 Å². The number of hydrogen-bond acceptors (Lipinski definition) is 3. The largest absolute Gasteiger partial charge is 0.355 e. The summed E-state index contributed by atoms with van der Waals surface area (Å²) in [6, 6.07) is 15.7. The second-order valence-electron chi connectivity index (χ2n) is 6.79. The fourth-order valence-corrected chi connectivity index (χ4v) is 4.30. The first kappa shape index (κ1) is 20.5. The van der Waals surface area contributed by atoms with E-state index >= 15 is 0 Å². The quantitative estimate of drug-likeness (QED) is 0.496. The molecule has 144 valence electrons. The van der Waals surface area contributed by atoms with Gasteiger partial charge in [-0.05, 0) is 61.3 Å². The average molecular weight is 423 g/mol. The van der Waals surface area contributed by atoms with E-state index in [0.717, 1.165) is 48.3 Å². The molecule has 1 aliphatic rings. The van der Waals surface area contributed by atoms with Crippen LogP contribution in [0, 0.1) is 5.92 Å². The van der Waals surface area contributed by atoms with E-state index in [1.807, 2.05) is 36.4 Å². The van der Waals surface area contributed by atoms with E-state index in [2.05, 4.69) is 22.3 Å². The van der Waals surface area contributed by atoms with Gasteiger partial charge in [-0.3, -0.25) is 9.69 Å². The molecule has 0 spiro atoms. The predicted octanol–water partition coefficient (Wildman–Crippen LogP) is 5.11. The SMILES string of the molecule is O=C(NCCSc1ccc(Cl)cc1)C1CCCN(Cc2ccc(Cl)cc2)C1. The highest BCUT2D eigenvalue weighted by atomic mass is 35.5. The molecule has 1 heterocycles. The van der Waals surface area contributed by atoms with E-state index in [1.165, 1.54) is 10.5 Å². The van der Waals surface area contributed by atoms with Gasteiger partial charge in [-0.15, -0.1) is 11.8 Å². The molecule has 3 nitrogen and oxygen atoms in total. The monoisotopic (exact) mass is 422 g/mol. The maximum atomic E-state index is 12.5. The topological polar surface area (TPSA) is 32.3 Å². The Kier molecular flexibility index (Phi) is 7.89. The molecular weight excluding hydrogens is 399 g/mol. The first-order valence-corrected chi connectivity index (χ1v) is 11.0. The zero-order chi connectivity index (χ0) is 19.1. The number of halogens is 2. The summed E-state index contributed by atoms with van der Waals surface area (Å²) in [5.41, 5.74) is 1.24. The smallest absolute Gasteiger partial charge is 0.224 e. The van der Waals surface area contributed by atoms with Crippen molar-refractivity contribution < 1.29 is 4.79 Å². The van der Waals surface area contributed by atoms with E-state index in [0.29, 0.717) is 6.54 Å². The molecule has 1 unspecified atom stereocenters. The van der Waals surface area contributed by atoms with Crippen LogP contribution in [-0.4, -0.2) is 36.2 Å². The molecule has 1 N–H and O–H groups in total. The van der Waals surface area contributed by atoms with Crippen LogP contribution in [0.5, 0.6) is 0 Å². The van der Waals surface area contributed by atoms with Gasteiger partial charge in [-0.1, -0.05) is 35.3 Å². The number of nitrogens with zero attached hydrogens (tertiary/aromatic N) is 1. The van der Waals surface area contributed by atoms with Crippen molar-refractivity contribution in [3.63, 3.8) is 0 Å². The number of carbonyl (C=O) groups is 1. The molecule has 1 saturated heterocycles. The zero-order valence-electron chi connectivity index (χ0n) is 15.2. The van der Waals surface area contributed by atoms with Crippen molar-refractivity contribution in [3.8, 4) is 0 Å². The first-order valence-electron chi connectivity index (χ1n) is 9.23. The Hall–Kier alpha value is -1.20. The fraction of sp³-hybridized carbons (Fsp3) is 0.381. The minimum atomic E-state index is 0.0755. The molecule has 2 aromatic carbocycles. The standard InChI is InChI=1S/C21H24Cl2N2OS/c22-18-5-3-16(4-6-18)14-25-12-1-2-17(15-25)21(26)24-11-13-27-20-9-7-19(23)8-10-20/h3-10,17H,1-2,11-15H2,(H,24,26). The Balaban J connectivity index is 1.40. The number of thioether (sulfide) groups is 1. The Labute approximate surface area is 175 Å². The van der Waals surface area contributed by atoms with Crippen molar-refractivity contribution in [2.75, 3.05) is 25.4 Å². The summed E-state index contributed by atoms with van der Waals surface area (Å²) in [5.74, 6) is 1.10. The minimum absolute atomic E-state index is 0.0755. The fourth-order valence-electron chi connectivity index (χ4n) is 3.28. The summed E-state index contributed by atoms with van der Waals surface area (Å²) in [4.78, 5) is 16.0. The molecule has 0 aliphatic carbocycles. The van der Waals surface area contributed by atoms with Crippen LogP contribution in [-0.2, 0) is 11.3 Å². The van der Waals surface area contributed by atoms with E-state index in [9.17, 15) is 4.79 Å². The lowest BCUT2D eigenvalue weighted by Gasteiger charge is -2.32. The number of amides is 1. The third-order valence-corrected chi connectivity index (χ3v) is 6.20. The number of rotatable bonds is 7. The number of hydrogen-bond donors (Lipinski definition) is 1. The van der Waals surface area contributed by atoms with Crippen molar-refractivity contribution in [2.45, 2.75) is 24.3 Å². The molecule has 1 fully saturated rings. The highest BCUT2D eigenvalue weighted by molar-refractivity contribution is 7.99. The lowest BCUT2D eigenvalue weighted by molar-refractivity contribution is -0.126. The molecular formula is C21H24Cl2N2OS. The van der Waals surface area contributed by atoms with Crippen LogP contribution >= 0.6 is 35.0 Å². The molecule has 0 radical (unpaired) electrons. The highest BCUT2D eigenvalue weighted by Crippen LogP contribution is 2.21. The van der Waals surface area contributed by atoms with Crippen molar-refractivity contribution >= 4 is 40.9 Å². The Morgan fingerprint density at radius 2 is 1.74 bits per heavy atom. The van der Waals surface area contributed by atoms with Crippen molar-refractivity contribution in [1.82, 2.24) is 10.2 Å². The van der Waals surface area contributed by atoms with E-state index in [1.54, 1.807) is 11.8 Å². The van der Waals surface area contributed by atoms with Gasteiger partial charge in [-0.25, -0.2) is 0 Å². The van der Waals surface area contributed by atoms with Gasteiger partial charge < -0.3 is 5.32 Å². The Morgan fingerprint density at radius 1 is 1.07 bits per heavy atom. The van der Waals surface area contributed by atoms with Crippen LogP contribution in [0.25, 0.3) is 0 Å². The third kappa shape index (κ3) is 6.72. The maximum absolute atomic E-state index is 12.5. The Morgan fingerprint density at radius 3 is 2.44 bits per heavy atom. The number of carbonyl (C=O) groups excluding carboxylic acids is 1. The normalized spacial score (nSPS) is 17.6. The second-order valence-corrected chi connectivity index (χ2v) is 8.84. The molecule has 2 aromatic rings. The Bertz CT molecular complexity index is 737. The summed E-state index contributed by atoms with van der Waals surface area (Å²) in [5, 5.41) is 4.60. The molecule has 6 heteroatoms. The van der Waals surface area contributed by atoms with Gasteiger partial charge in [0.2, 0.25) is 5.91 Å². The van der Waals surface area contributed by atoms with E-state index < -0.39 is 0 Å². The van der Waals surface area contributed by atoms with Crippen LogP contribution < -0.4 is 5.32 Å². The van der Waals surface area contributed by atoms with Crippen LogP contribution in [0.2, 0.25) is 10.0 Å². The van der Waals surface area contributed by atoms with Crippen LogP contribution in [0.15, 0.2) is 53.4 Å². The van der Waals surface area contributed by atoms with Gasteiger partial charge in [-0.2, -0.15) is 0 Å². The van der Waals surface area contributed by atoms with Gasteiger partial charge in [0.1, 0.15) is 0 Å². The molecule has 0 aromatic heterocycles. The molecule has 3 rings (SSSR count). The zero-order valence-corrected chi connectivity index (χ0v) is 17.5. The van der Waals surface area contributed by atoms with Gasteiger partial charge >= 0.3 is 0 Å². The minimum Gasteiger partial charge on any atom is -0.355 e. The molecule has 0 bridgehead atoms. The summed E-state index contributed by atoms with van der Waals surface area (Å²) in [6.07, 6.45) is 2.03. The molecule has 27 heavy (non-hydrogen) atoms. The van der Waals surface area contributed by atoms with E-state index in [-0.39, 0.29) is 11.8 Å². The summed E-state index contributed by atoms with van der Waals surface area (Å²) in [7, 11) is 0. The number of benzene rings is 2. The average Bonchev–Trinajstić information content (AvgIpc) is 2.68. The van der Waals surface area contributed by atoms with Gasteiger partial charge in [0, 0.05) is 40.3 Å². The lowest BCUT2D eigenvalue weighted by Crippen LogP contribution is -2.43. The van der Waals surface area contributed by atoms with Crippen LogP contribution in [0.1, 0.15) is 18.4 Å². The maximum Gasteiger partial charge on any atom is 0.224 e. The molecule has 1 amide bonds. The van der Waals surface area contributed by atoms with Gasteiger partial charge in [0.05, 0.1) is 5.92 Å². The molecule has 1 aliphatic heterocycles. The number of likely N-dealkylation sites (tertiary alicyclic amines) is 1. The summed E-state index contributed by atoms with van der Waals surface area (Å²) in [6.45, 7) is 3.41. The van der Waals surface area contributed by atoms with Gasteiger partial charge in [0.25, 0.3) is 0 Å². The summed E-state index contributed by atoms with van der Waals surface area (Å²) >= 11 is 13.6. The van der Waals surface area contributed by atoms with Crippen molar-refractivity contribution in [2.24, 2.45) is 5.92 Å². The molecule has 0 saturated carbocycles. The number of nitrogens with one attached hydrogen (secondary N) is 1. The van der Waals surface area contributed by atoms with Crippen molar-refractivity contribution in [1.29, 1.82) is 0 Å².